The first-order valence-corrected chi connectivity index (χ1v) is 9.41. The standard InChI is InChI=1S/C20H33NO2/c1-3-4-5-6-7-8-9-10-15-23-20-16-18(21-22-2)13-14-19(20)17-11-12-17/h13-14,16-17,21H,3-12,15H2,1-2H3. The highest BCUT2D eigenvalue weighted by molar-refractivity contribution is 5.52. The second kappa shape index (κ2) is 10.5. The molecule has 0 amide bonds. The van der Waals surface area contributed by atoms with Gasteiger partial charge in [0.2, 0.25) is 0 Å². The van der Waals surface area contributed by atoms with Crippen molar-refractivity contribution < 1.29 is 9.57 Å². The van der Waals surface area contributed by atoms with Gasteiger partial charge in [0.1, 0.15) is 5.75 Å². The summed E-state index contributed by atoms with van der Waals surface area (Å²) in [5, 5.41) is 0. The largest absolute Gasteiger partial charge is 0.493 e. The number of rotatable bonds is 13. The zero-order chi connectivity index (χ0) is 16.3. The number of anilines is 1. The van der Waals surface area contributed by atoms with E-state index in [4.69, 9.17) is 9.57 Å². The summed E-state index contributed by atoms with van der Waals surface area (Å²) in [6.07, 6.45) is 13.3. The van der Waals surface area contributed by atoms with Crippen molar-refractivity contribution in [2.75, 3.05) is 19.2 Å². The lowest BCUT2D eigenvalue weighted by atomic mass is 10.1. The third-order valence-electron chi connectivity index (χ3n) is 4.51. The molecular formula is C20H33NO2. The predicted octanol–water partition coefficient (Wildman–Crippen LogP) is 6.06. The van der Waals surface area contributed by atoms with E-state index in [2.05, 4.69) is 30.6 Å². The van der Waals surface area contributed by atoms with E-state index >= 15 is 0 Å². The molecule has 2 rings (SSSR count). The summed E-state index contributed by atoms with van der Waals surface area (Å²) in [7, 11) is 1.63. The summed E-state index contributed by atoms with van der Waals surface area (Å²) < 4.78 is 6.07. The van der Waals surface area contributed by atoms with Gasteiger partial charge in [-0.15, -0.1) is 0 Å². The van der Waals surface area contributed by atoms with E-state index in [0.717, 1.165) is 24.5 Å². The van der Waals surface area contributed by atoms with Crippen LogP contribution in [0.3, 0.4) is 0 Å². The molecule has 1 fully saturated rings. The first kappa shape index (κ1) is 18.1. The van der Waals surface area contributed by atoms with Crippen molar-refractivity contribution in [3.05, 3.63) is 23.8 Å². The van der Waals surface area contributed by atoms with E-state index in [0.29, 0.717) is 5.92 Å². The molecule has 0 saturated heterocycles. The zero-order valence-electron chi connectivity index (χ0n) is 14.9. The first-order valence-electron chi connectivity index (χ1n) is 9.41. The lowest BCUT2D eigenvalue weighted by molar-refractivity contribution is 0.270. The maximum atomic E-state index is 6.07. The normalized spacial score (nSPS) is 14.0. The fourth-order valence-electron chi connectivity index (χ4n) is 2.99. The van der Waals surface area contributed by atoms with Gasteiger partial charge in [0.25, 0.3) is 0 Å². The molecule has 3 heteroatoms. The van der Waals surface area contributed by atoms with Gasteiger partial charge in [-0.3, -0.25) is 10.3 Å². The summed E-state index contributed by atoms with van der Waals surface area (Å²) in [6, 6.07) is 6.32. The van der Waals surface area contributed by atoms with E-state index in [1.807, 2.05) is 0 Å². The molecule has 0 radical (unpaired) electrons. The zero-order valence-corrected chi connectivity index (χ0v) is 14.9. The van der Waals surface area contributed by atoms with Crippen LogP contribution in [0.4, 0.5) is 5.69 Å². The molecule has 1 aromatic rings. The molecular weight excluding hydrogens is 286 g/mol. The van der Waals surface area contributed by atoms with Crippen LogP contribution in [0.15, 0.2) is 18.2 Å². The lowest BCUT2D eigenvalue weighted by Crippen LogP contribution is -2.02. The van der Waals surface area contributed by atoms with Crippen molar-refractivity contribution in [1.29, 1.82) is 0 Å². The van der Waals surface area contributed by atoms with Crippen LogP contribution in [-0.4, -0.2) is 13.7 Å². The Balaban J connectivity index is 1.67. The molecule has 0 aliphatic heterocycles. The Morgan fingerprint density at radius 2 is 1.70 bits per heavy atom. The van der Waals surface area contributed by atoms with Crippen molar-refractivity contribution in [2.45, 2.75) is 77.0 Å². The molecule has 0 spiro atoms. The number of ether oxygens (including phenoxy) is 1. The highest BCUT2D eigenvalue weighted by Gasteiger charge is 2.26. The second-order valence-corrected chi connectivity index (χ2v) is 6.66. The van der Waals surface area contributed by atoms with E-state index < -0.39 is 0 Å². The van der Waals surface area contributed by atoms with E-state index in [9.17, 15) is 0 Å². The number of benzene rings is 1. The Hall–Kier alpha value is -1.22. The molecule has 1 aliphatic carbocycles. The number of hydrogen-bond donors (Lipinski definition) is 1. The van der Waals surface area contributed by atoms with E-state index in [1.165, 1.54) is 63.4 Å². The van der Waals surface area contributed by atoms with E-state index in [-0.39, 0.29) is 0 Å². The third-order valence-corrected chi connectivity index (χ3v) is 4.51. The van der Waals surface area contributed by atoms with Gasteiger partial charge in [0, 0.05) is 6.07 Å². The van der Waals surface area contributed by atoms with Gasteiger partial charge in [0.05, 0.1) is 19.4 Å². The number of nitrogens with one attached hydrogen (secondary N) is 1. The fraction of sp³-hybridized carbons (Fsp3) is 0.700. The summed E-state index contributed by atoms with van der Waals surface area (Å²) in [5.74, 6) is 1.75. The average Bonchev–Trinajstić information content (AvgIpc) is 3.39. The first-order chi connectivity index (χ1) is 11.3. The predicted molar refractivity (Wildman–Crippen MR) is 97.2 cm³/mol. The second-order valence-electron chi connectivity index (χ2n) is 6.66. The monoisotopic (exact) mass is 319 g/mol. The molecule has 0 bridgehead atoms. The molecule has 0 unspecified atom stereocenters. The maximum absolute atomic E-state index is 6.07. The van der Waals surface area contributed by atoms with Crippen molar-refractivity contribution in [3.8, 4) is 5.75 Å². The van der Waals surface area contributed by atoms with Crippen LogP contribution in [0.25, 0.3) is 0 Å². The van der Waals surface area contributed by atoms with Crippen LogP contribution in [0.2, 0.25) is 0 Å². The van der Waals surface area contributed by atoms with Gasteiger partial charge >= 0.3 is 0 Å². The quantitative estimate of drug-likeness (QED) is 0.354. The van der Waals surface area contributed by atoms with Crippen molar-refractivity contribution >= 4 is 5.69 Å². The SMILES string of the molecule is CCCCCCCCCCOc1cc(NOC)ccc1C1CC1. The van der Waals surface area contributed by atoms with Gasteiger partial charge in [-0.2, -0.15) is 0 Å². The molecule has 1 aromatic carbocycles. The number of unbranched alkanes of at least 4 members (excludes halogenated alkanes) is 7. The van der Waals surface area contributed by atoms with Crippen LogP contribution >= 0.6 is 0 Å². The Labute approximate surface area is 141 Å². The maximum Gasteiger partial charge on any atom is 0.124 e. The average molecular weight is 319 g/mol. The summed E-state index contributed by atoms with van der Waals surface area (Å²) in [6.45, 7) is 3.09. The van der Waals surface area contributed by atoms with Crippen LogP contribution in [-0.2, 0) is 4.84 Å². The van der Waals surface area contributed by atoms with Crippen LogP contribution in [0.5, 0.6) is 5.75 Å². The van der Waals surface area contributed by atoms with Crippen molar-refractivity contribution in [1.82, 2.24) is 0 Å². The summed E-state index contributed by atoms with van der Waals surface area (Å²) in [4.78, 5) is 4.99. The Morgan fingerprint density at radius 3 is 2.35 bits per heavy atom. The van der Waals surface area contributed by atoms with Crippen LogP contribution in [0, 0.1) is 0 Å². The molecule has 1 aliphatic rings. The summed E-state index contributed by atoms with van der Waals surface area (Å²) in [5.41, 5.74) is 5.22. The highest BCUT2D eigenvalue weighted by atomic mass is 16.6. The third kappa shape index (κ3) is 6.82. The van der Waals surface area contributed by atoms with Crippen molar-refractivity contribution in [3.63, 3.8) is 0 Å². The molecule has 0 heterocycles. The Kier molecular flexibility index (Phi) is 8.30. The molecule has 23 heavy (non-hydrogen) atoms. The minimum atomic E-state index is 0.708. The van der Waals surface area contributed by atoms with E-state index in [1.54, 1.807) is 7.11 Å². The fourth-order valence-corrected chi connectivity index (χ4v) is 2.99. The lowest BCUT2D eigenvalue weighted by Gasteiger charge is -2.13. The smallest absolute Gasteiger partial charge is 0.124 e. The van der Waals surface area contributed by atoms with Gasteiger partial charge in [0.15, 0.2) is 0 Å². The number of hydrogen-bond acceptors (Lipinski definition) is 3. The summed E-state index contributed by atoms with van der Waals surface area (Å²) >= 11 is 0. The molecule has 130 valence electrons. The molecule has 1 N–H and O–H groups in total. The Bertz CT molecular complexity index is 443. The molecule has 0 atom stereocenters. The van der Waals surface area contributed by atoms with Crippen LogP contribution < -0.4 is 10.2 Å². The van der Waals surface area contributed by atoms with Crippen molar-refractivity contribution in [2.24, 2.45) is 0 Å². The minimum absolute atomic E-state index is 0.708. The minimum Gasteiger partial charge on any atom is -0.493 e. The molecule has 1 saturated carbocycles. The van der Waals surface area contributed by atoms with Crippen LogP contribution in [0.1, 0.15) is 82.6 Å². The molecule has 3 nitrogen and oxygen atoms in total. The van der Waals surface area contributed by atoms with Gasteiger partial charge in [-0.1, -0.05) is 57.9 Å². The highest BCUT2D eigenvalue weighted by Crippen LogP contribution is 2.45. The molecule has 0 aromatic heterocycles. The topological polar surface area (TPSA) is 30.5 Å². The van der Waals surface area contributed by atoms with Gasteiger partial charge in [-0.05, 0) is 36.8 Å². The van der Waals surface area contributed by atoms with Gasteiger partial charge < -0.3 is 4.74 Å². The Morgan fingerprint density at radius 1 is 1.00 bits per heavy atom. The van der Waals surface area contributed by atoms with Gasteiger partial charge in [-0.25, -0.2) is 0 Å².